The molecule has 0 saturated heterocycles. The molecule has 0 aromatic carbocycles. The third kappa shape index (κ3) is 2.02. The van der Waals surface area contributed by atoms with Crippen LogP contribution in [0.2, 0.25) is 0 Å². The molecule has 0 bridgehead atoms. The summed E-state index contributed by atoms with van der Waals surface area (Å²) in [6, 6.07) is -0.193. The lowest BCUT2D eigenvalue weighted by Crippen LogP contribution is -2.25. The number of oxazole rings is 1. The predicted molar refractivity (Wildman–Crippen MR) is 48.3 cm³/mol. The number of anilines is 1. The Bertz CT molecular complexity index is 449. The molecule has 0 saturated carbocycles. The quantitative estimate of drug-likeness (QED) is 0.714. The molecule has 0 aliphatic rings. The smallest absolute Gasteiger partial charge is 0.311 e. The highest BCUT2D eigenvalue weighted by atomic mass is 32.2. The standard InChI is InChI=1S/C6H9N3O4S/c1-9(14(2,11)12)6-8-4(3-13-6)5(7)10/h3H,1-2H3,(H2,7,10). The van der Waals surface area contributed by atoms with Gasteiger partial charge in [0.2, 0.25) is 10.0 Å². The first kappa shape index (κ1) is 10.5. The van der Waals surface area contributed by atoms with E-state index in [1.165, 1.54) is 7.05 Å². The van der Waals surface area contributed by atoms with Crippen molar-refractivity contribution >= 4 is 21.9 Å². The van der Waals surface area contributed by atoms with Crippen molar-refractivity contribution in [2.45, 2.75) is 0 Å². The van der Waals surface area contributed by atoms with Crippen LogP contribution < -0.4 is 10.0 Å². The zero-order chi connectivity index (χ0) is 10.9. The van der Waals surface area contributed by atoms with Crippen molar-refractivity contribution in [3.8, 4) is 0 Å². The van der Waals surface area contributed by atoms with Crippen LogP contribution >= 0.6 is 0 Å². The Hall–Kier alpha value is -1.57. The van der Waals surface area contributed by atoms with E-state index in [0.29, 0.717) is 0 Å². The van der Waals surface area contributed by atoms with Gasteiger partial charge in [-0.05, 0) is 0 Å². The molecule has 1 aromatic heterocycles. The molecule has 8 heteroatoms. The van der Waals surface area contributed by atoms with Gasteiger partial charge in [-0.15, -0.1) is 0 Å². The van der Waals surface area contributed by atoms with Crippen molar-refractivity contribution in [1.82, 2.24) is 4.98 Å². The van der Waals surface area contributed by atoms with E-state index >= 15 is 0 Å². The minimum absolute atomic E-state index is 0.115. The summed E-state index contributed by atoms with van der Waals surface area (Å²) in [5.74, 6) is -0.776. The number of carbonyl (C=O) groups excluding carboxylic acids is 1. The molecule has 78 valence electrons. The summed E-state index contributed by atoms with van der Waals surface area (Å²) in [6.07, 6.45) is 1.99. The van der Waals surface area contributed by atoms with Crippen LogP contribution in [0.25, 0.3) is 0 Å². The molecular weight excluding hydrogens is 210 g/mol. The topological polar surface area (TPSA) is 106 Å². The van der Waals surface area contributed by atoms with Gasteiger partial charge in [0, 0.05) is 7.05 Å². The number of rotatable bonds is 3. The van der Waals surface area contributed by atoms with E-state index in [4.69, 9.17) is 10.2 Å². The maximum atomic E-state index is 11.0. The largest absolute Gasteiger partial charge is 0.430 e. The SMILES string of the molecule is CN(c1nc(C(N)=O)co1)S(C)(=O)=O. The van der Waals surface area contributed by atoms with Crippen LogP contribution in [0.5, 0.6) is 0 Å². The van der Waals surface area contributed by atoms with E-state index in [9.17, 15) is 13.2 Å². The number of hydrogen-bond donors (Lipinski definition) is 1. The molecule has 1 amide bonds. The number of nitrogens with zero attached hydrogens (tertiary/aromatic N) is 2. The Labute approximate surface area is 80.6 Å². The molecule has 0 atom stereocenters. The maximum absolute atomic E-state index is 11.0. The summed E-state index contributed by atoms with van der Waals surface area (Å²) in [5, 5.41) is 0. The highest BCUT2D eigenvalue weighted by Crippen LogP contribution is 2.13. The van der Waals surface area contributed by atoms with E-state index in [1.54, 1.807) is 0 Å². The number of nitrogens with two attached hydrogens (primary N) is 1. The molecule has 0 fully saturated rings. The van der Waals surface area contributed by atoms with Gasteiger partial charge in [-0.1, -0.05) is 0 Å². The number of hydrogen-bond acceptors (Lipinski definition) is 5. The van der Waals surface area contributed by atoms with Gasteiger partial charge in [-0.3, -0.25) is 4.79 Å². The van der Waals surface area contributed by atoms with Gasteiger partial charge >= 0.3 is 6.01 Å². The molecule has 0 unspecified atom stereocenters. The lowest BCUT2D eigenvalue weighted by molar-refractivity contribution is 0.0995. The molecule has 0 spiro atoms. The summed E-state index contributed by atoms with van der Waals surface area (Å²) in [5.41, 5.74) is 4.79. The summed E-state index contributed by atoms with van der Waals surface area (Å²) in [4.78, 5) is 14.2. The third-order valence-electron chi connectivity index (χ3n) is 1.51. The Kier molecular flexibility index (Phi) is 2.47. The van der Waals surface area contributed by atoms with Gasteiger partial charge in [0.25, 0.3) is 5.91 Å². The van der Waals surface area contributed by atoms with Crippen LogP contribution in [0.15, 0.2) is 10.7 Å². The Morgan fingerprint density at radius 3 is 2.57 bits per heavy atom. The summed E-state index contributed by atoms with van der Waals surface area (Å²) < 4.78 is 27.6. The van der Waals surface area contributed by atoms with Gasteiger partial charge in [0.05, 0.1) is 6.26 Å². The summed E-state index contributed by atoms with van der Waals surface area (Å²) in [7, 11) is -2.19. The zero-order valence-corrected chi connectivity index (χ0v) is 8.41. The highest BCUT2D eigenvalue weighted by molar-refractivity contribution is 7.92. The van der Waals surface area contributed by atoms with Crippen LogP contribution in [0.1, 0.15) is 10.5 Å². The zero-order valence-electron chi connectivity index (χ0n) is 7.59. The second-order valence-corrected chi connectivity index (χ2v) is 4.62. The maximum Gasteiger partial charge on any atom is 0.311 e. The van der Waals surface area contributed by atoms with Crippen molar-refractivity contribution in [1.29, 1.82) is 0 Å². The number of aromatic nitrogens is 1. The van der Waals surface area contributed by atoms with Crippen LogP contribution in [-0.4, -0.2) is 32.6 Å². The highest BCUT2D eigenvalue weighted by Gasteiger charge is 2.18. The molecule has 1 heterocycles. The molecule has 14 heavy (non-hydrogen) atoms. The van der Waals surface area contributed by atoms with Crippen LogP contribution in [0, 0.1) is 0 Å². The van der Waals surface area contributed by atoms with Crippen molar-refractivity contribution in [3.63, 3.8) is 0 Å². The van der Waals surface area contributed by atoms with Gasteiger partial charge in [0.15, 0.2) is 5.69 Å². The first-order valence-corrected chi connectivity index (χ1v) is 5.36. The first-order chi connectivity index (χ1) is 6.32. The van der Waals surface area contributed by atoms with E-state index in [1.807, 2.05) is 0 Å². The fourth-order valence-electron chi connectivity index (χ4n) is 0.664. The Morgan fingerprint density at radius 1 is 1.64 bits per heavy atom. The van der Waals surface area contributed by atoms with Crippen LogP contribution in [-0.2, 0) is 10.0 Å². The van der Waals surface area contributed by atoms with Crippen molar-refractivity contribution in [2.24, 2.45) is 5.73 Å². The molecule has 0 aliphatic heterocycles. The minimum atomic E-state index is -3.44. The second kappa shape index (κ2) is 3.29. The number of primary amides is 1. The average Bonchev–Trinajstić information content (AvgIpc) is 2.48. The van der Waals surface area contributed by atoms with Gasteiger partial charge in [-0.2, -0.15) is 4.98 Å². The molecule has 7 nitrogen and oxygen atoms in total. The third-order valence-corrected chi connectivity index (χ3v) is 2.66. The molecular formula is C6H9N3O4S. The lowest BCUT2D eigenvalue weighted by Gasteiger charge is -2.09. The molecule has 0 aliphatic carbocycles. The van der Waals surface area contributed by atoms with Crippen molar-refractivity contribution < 1.29 is 17.6 Å². The summed E-state index contributed by atoms with van der Waals surface area (Å²) >= 11 is 0. The van der Waals surface area contributed by atoms with Crippen molar-refractivity contribution in [2.75, 3.05) is 17.6 Å². The van der Waals surface area contributed by atoms with E-state index in [0.717, 1.165) is 16.8 Å². The van der Waals surface area contributed by atoms with E-state index in [-0.39, 0.29) is 11.7 Å². The average molecular weight is 219 g/mol. The fourth-order valence-corrected chi connectivity index (χ4v) is 1.03. The van der Waals surface area contributed by atoms with Crippen LogP contribution in [0.4, 0.5) is 6.01 Å². The van der Waals surface area contributed by atoms with Gasteiger partial charge < -0.3 is 10.2 Å². The molecule has 1 aromatic rings. The van der Waals surface area contributed by atoms with E-state index in [2.05, 4.69) is 4.98 Å². The number of amides is 1. The van der Waals surface area contributed by atoms with Crippen LogP contribution in [0.3, 0.4) is 0 Å². The van der Waals surface area contributed by atoms with Crippen molar-refractivity contribution in [3.05, 3.63) is 12.0 Å². The lowest BCUT2D eigenvalue weighted by atomic mass is 10.5. The predicted octanol–water partition coefficient (Wildman–Crippen LogP) is -0.831. The Morgan fingerprint density at radius 2 is 2.21 bits per heavy atom. The molecule has 2 N–H and O–H groups in total. The molecule has 0 radical (unpaired) electrons. The molecule has 1 rings (SSSR count). The minimum Gasteiger partial charge on any atom is -0.430 e. The number of sulfonamides is 1. The normalized spacial score (nSPS) is 11.3. The first-order valence-electron chi connectivity index (χ1n) is 3.51. The van der Waals surface area contributed by atoms with Gasteiger partial charge in [-0.25, -0.2) is 12.7 Å². The number of carbonyl (C=O) groups is 1. The van der Waals surface area contributed by atoms with Gasteiger partial charge in [0.1, 0.15) is 6.26 Å². The fraction of sp³-hybridized carbons (Fsp3) is 0.333. The second-order valence-electron chi connectivity index (χ2n) is 2.61. The Balaban J connectivity index is 3.04. The summed E-state index contributed by atoms with van der Waals surface area (Å²) in [6.45, 7) is 0. The van der Waals surface area contributed by atoms with E-state index < -0.39 is 15.9 Å². The monoisotopic (exact) mass is 219 g/mol.